The molecule has 1 saturated heterocycles. The zero-order chi connectivity index (χ0) is 20.3. The highest BCUT2D eigenvalue weighted by molar-refractivity contribution is 7.89. The van der Waals surface area contributed by atoms with E-state index in [0.717, 1.165) is 5.56 Å². The Kier molecular flexibility index (Phi) is 6.05. The molecule has 1 N–H and O–H groups in total. The third kappa shape index (κ3) is 4.20. The molecule has 2 aromatic carbocycles. The van der Waals surface area contributed by atoms with Crippen molar-refractivity contribution in [1.29, 1.82) is 0 Å². The van der Waals surface area contributed by atoms with Crippen LogP contribution in [0.3, 0.4) is 0 Å². The Morgan fingerprint density at radius 3 is 2.68 bits per heavy atom. The van der Waals surface area contributed by atoms with Crippen molar-refractivity contribution in [1.82, 2.24) is 4.31 Å². The second-order valence-corrected chi connectivity index (χ2v) is 9.07. The fourth-order valence-corrected chi connectivity index (χ4v) is 5.32. The molecule has 28 heavy (non-hydrogen) atoms. The number of benzene rings is 2. The van der Waals surface area contributed by atoms with Crippen molar-refractivity contribution in [3.8, 4) is 5.75 Å². The Balaban J connectivity index is 1.78. The molecule has 1 atom stereocenters. The van der Waals surface area contributed by atoms with E-state index in [9.17, 15) is 13.2 Å². The van der Waals surface area contributed by atoms with Gasteiger partial charge in [0.2, 0.25) is 15.9 Å². The highest BCUT2D eigenvalue weighted by Crippen LogP contribution is 2.28. The summed E-state index contributed by atoms with van der Waals surface area (Å²) < 4.78 is 33.0. The maximum atomic E-state index is 13.2. The van der Waals surface area contributed by atoms with Gasteiger partial charge in [0.25, 0.3) is 0 Å². The molecular weight excluding hydrogens is 376 g/mol. The number of nitrogens with zero attached hydrogens (tertiary/aromatic N) is 1. The first kappa shape index (κ1) is 20.4. The van der Waals surface area contributed by atoms with Crippen LogP contribution in [0, 0.1) is 19.8 Å². The van der Waals surface area contributed by atoms with Gasteiger partial charge in [-0.2, -0.15) is 4.31 Å². The number of hydrogen-bond acceptors (Lipinski definition) is 4. The number of piperidine rings is 1. The average molecular weight is 403 g/mol. The van der Waals surface area contributed by atoms with Crippen LogP contribution in [-0.4, -0.2) is 38.8 Å². The normalized spacial score (nSPS) is 17.9. The number of carbonyl (C=O) groups excluding carboxylic acids is 1. The summed E-state index contributed by atoms with van der Waals surface area (Å²) in [5.41, 5.74) is 2.20. The van der Waals surface area contributed by atoms with Gasteiger partial charge in [-0.05, 0) is 56.0 Å². The molecule has 0 bridgehead atoms. The Bertz CT molecular complexity index is 972. The van der Waals surface area contributed by atoms with E-state index in [2.05, 4.69) is 5.32 Å². The van der Waals surface area contributed by atoms with Gasteiger partial charge in [0.1, 0.15) is 5.75 Å². The molecule has 6 nitrogen and oxygen atoms in total. The molecule has 0 spiro atoms. The van der Waals surface area contributed by atoms with Crippen molar-refractivity contribution in [2.24, 2.45) is 5.92 Å². The number of aryl methyl sites for hydroxylation is 2. The van der Waals surface area contributed by atoms with Gasteiger partial charge in [-0.1, -0.05) is 24.3 Å². The number of methoxy groups -OCH3 is 1. The lowest BCUT2D eigenvalue weighted by Gasteiger charge is -2.31. The van der Waals surface area contributed by atoms with Crippen molar-refractivity contribution in [2.75, 3.05) is 25.5 Å². The number of carbonyl (C=O) groups is 1. The molecule has 1 aliphatic rings. The number of hydrogen-bond donors (Lipinski definition) is 1. The van der Waals surface area contributed by atoms with E-state index < -0.39 is 15.9 Å². The number of ether oxygens (including phenoxy) is 1. The zero-order valence-corrected chi connectivity index (χ0v) is 17.3. The summed E-state index contributed by atoms with van der Waals surface area (Å²) >= 11 is 0. The first-order valence-electron chi connectivity index (χ1n) is 9.34. The number of para-hydroxylation sites is 2. The molecule has 1 heterocycles. The van der Waals surface area contributed by atoms with Gasteiger partial charge in [-0.3, -0.25) is 4.79 Å². The molecule has 2 aromatic rings. The second-order valence-electron chi connectivity index (χ2n) is 7.16. The number of nitrogens with one attached hydrogen (secondary N) is 1. The molecular formula is C21H26N2O4S. The van der Waals surface area contributed by atoms with Crippen molar-refractivity contribution < 1.29 is 17.9 Å². The molecule has 0 saturated carbocycles. The summed E-state index contributed by atoms with van der Waals surface area (Å²) in [7, 11) is -2.09. The van der Waals surface area contributed by atoms with E-state index in [1.807, 2.05) is 31.2 Å². The van der Waals surface area contributed by atoms with Gasteiger partial charge in [-0.25, -0.2) is 8.42 Å². The summed E-state index contributed by atoms with van der Waals surface area (Å²) in [5, 5.41) is 2.88. The van der Waals surface area contributed by atoms with Gasteiger partial charge in [0.05, 0.1) is 23.6 Å². The van der Waals surface area contributed by atoms with Crippen LogP contribution in [0.4, 0.5) is 5.69 Å². The number of sulfonamides is 1. The summed E-state index contributed by atoms with van der Waals surface area (Å²) in [6.45, 7) is 4.27. The van der Waals surface area contributed by atoms with Gasteiger partial charge in [-0.15, -0.1) is 0 Å². The molecule has 1 fully saturated rings. The minimum atomic E-state index is -3.64. The molecule has 150 valence electrons. The lowest BCUT2D eigenvalue weighted by atomic mass is 9.98. The van der Waals surface area contributed by atoms with Crippen molar-refractivity contribution in [2.45, 2.75) is 31.6 Å². The average Bonchev–Trinajstić information content (AvgIpc) is 2.70. The van der Waals surface area contributed by atoms with Gasteiger partial charge in [0, 0.05) is 13.1 Å². The minimum absolute atomic E-state index is 0.177. The molecule has 0 aliphatic carbocycles. The lowest BCUT2D eigenvalue weighted by Crippen LogP contribution is -2.43. The third-order valence-electron chi connectivity index (χ3n) is 5.08. The molecule has 1 aliphatic heterocycles. The maximum Gasteiger partial charge on any atom is 0.243 e. The van der Waals surface area contributed by atoms with E-state index in [4.69, 9.17) is 4.74 Å². The summed E-state index contributed by atoms with van der Waals surface area (Å²) in [6, 6.07) is 12.6. The maximum absolute atomic E-state index is 13.2. The van der Waals surface area contributed by atoms with Gasteiger partial charge in [0.15, 0.2) is 0 Å². The molecule has 7 heteroatoms. The fourth-order valence-electron chi connectivity index (χ4n) is 3.48. The number of anilines is 1. The van der Waals surface area contributed by atoms with E-state index >= 15 is 0 Å². The monoisotopic (exact) mass is 402 g/mol. The van der Waals surface area contributed by atoms with Gasteiger partial charge < -0.3 is 10.1 Å². The van der Waals surface area contributed by atoms with Crippen LogP contribution in [0.15, 0.2) is 47.4 Å². The summed E-state index contributed by atoms with van der Waals surface area (Å²) in [6.07, 6.45) is 1.30. The predicted molar refractivity (Wildman–Crippen MR) is 109 cm³/mol. The summed E-state index contributed by atoms with van der Waals surface area (Å²) in [4.78, 5) is 13.1. The molecule has 0 aromatic heterocycles. The van der Waals surface area contributed by atoms with Crippen LogP contribution < -0.4 is 10.1 Å². The highest BCUT2D eigenvalue weighted by atomic mass is 32.2. The standard InChI is InChI=1S/C21H26N2O4S/c1-15-10-11-16(2)20(13-15)28(25,26)23-12-6-7-17(14-23)21(24)22-18-8-4-5-9-19(18)27-3/h4-5,8-11,13,17H,6-7,12,14H2,1-3H3,(H,22,24)/t17-/m0/s1. The Morgan fingerprint density at radius 1 is 1.18 bits per heavy atom. The first-order chi connectivity index (χ1) is 13.3. The van der Waals surface area contributed by atoms with Crippen molar-refractivity contribution >= 4 is 21.6 Å². The smallest absolute Gasteiger partial charge is 0.243 e. The summed E-state index contributed by atoms with van der Waals surface area (Å²) in [5.74, 6) is -0.0181. The Labute approximate surface area is 166 Å². The SMILES string of the molecule is COc1ccccc1NC(=O)[C@H]1CCCN(S(=O)(=O)c2cc(C)ccc2C)C1. The van der Waals surface area contributed by atoms with Crippen LogP contribution >= 0.6 is 0 Å². The second kappa shape index (κ2) is 8.32. The Morgan fingerprint density at radius 2 is 1.93 bits per heavy atom. The number of amides is 1. The van der Waals surface area contributed by atoms with E-state index in [0.29, 0.717) is 41.3 Å². The van der Waals surface area contributed by atoms with E-state index in [-0.39, 0.29) is 12.5 Å². The number of rotatable bonds is 5. The molecule has 3 rings (SSSR count). The topological polar surface area (TPSA) is 75.7 Å². The van der Waals surface area contributed by atoms with Crippen LogP contribution in [0.2, 0.25) is 0 Å². The lowest BCUT2D eigenvalue weighted by molar-refractivity contribution is -0.120. The van der Waals surface area contributed by atoms with Crippen LogP contribution in [0.1, 0.15) is 24.0 Å². The van der Waals surface area contributed by atoms with Gasteiger partial charge >= 0.3 is 0 Å². The Hall–Kier alpha value is -2.38. The molecule has 1 amide bonds. The van der Waals surface area contributed by atoms with E-state index in [1.165, 1.54) is 4.31 Å². The highest BCUT2D eigenvalue weighted by Gasteiger charge is 2.34. The van der Waals surface area contributed by atoms with Crippen LogP contribution in [0.25, 0.3) is 0 Å². The zero-order valence-electron chi connectivity index (χ0n) is 16.4. The predicted octanol–water partition coefficient (Wildman–Crippen LogP) is 3.35. The van der Waals surface area contributed by atoms with Crippen LogP contribution in [-0.2, 0) is 14.8 Å². The third-order valence-corrected chi connectivity index (χ3v) is 7.09. The largest absolute Gasteiger partial charge is 0.495 e. The molecule has 0 radical (unpaired) electrons. The molecule has 0 unspecified atom stereocenters. The van der Waals surface area contributed by atoms with E-state index in [1.54, 1.807) is 32.2 Å². The van der Waals surface area contributed by atoms with Crippen molar-refractivity contribution in [3.05, 3.63) is 53.6 Å². The first-order valence-corrected chi connectivity index (χ1v) is 10.8. The minimum Gasteiger partial charge on any atom is -0.495 e. The van der Waals surface area contributed by atoms with Crippen molar-refractivity contribution in [3.63, 3.8) is 0 Å². The quantitative estimate of drug-likeness (QED) is 0.832. The fraction of sp³-hybridized carbons (Fsp3) is 0.381. The van der Waals surface area contributed by atoms with Crippen LogP contribution in [0.5, 0.6) is 5.75 Å².